The van der Waals surface area contributed by atoms with Crippen molar-refractivity contribution in [2.75, 3.05) is 33.3 Å². The molecule has 6 nitrogen and oxygen atoms in total. The van der Waals surface area contributed by atoms with E-state index in [9.17, 15) is 9.59 Å². The lowest BCUT2D eigenvalue weighted by Crippen LogP contribution is -2.42. The molecule has 6 heteroatoms. The molecule has 18 heavy (non-hydrogen) atoms. The van der Waals surface area contributed by atoms with Crippen LogP contribution in [-0.4, -0.2) is 65.3 Å². The van der Waals surface area contributed by atoms with Crippen LogP contribution in [0.4, 0.5) is 4.79 Å². The highest BCUT2D eigenvalue weighted by Crippen LogP contribution is 2.20. The Morgan fingerprint density at radius 2 is 2.17 bits per heavy atom. The number of nitrogens with zero attached hydrogens (tertiary/aromatic N) is 2. The summed E-state index contributed by atoms with van der Waals surface area (Å²) in [5.41, 5.74) is 0. The third kappa shape index (κ3) is 3.87. The van der Waals surface area contributed by atoms with Gasteiger partial charge in [-0.05, 0) is 18.8 Å². The average Bonchev–Trinajstić information content (AvgIpc) is 2.76. The number of amides is 2. The number of urea groups is 1. The number of carboxylic acids is 1. The minimum absolute atomic E-state index is 0.122. The first-order valence-corrected chi connectivity index (χ1v) is 6.29. The highest BCUT2D eigenvalue weighted by Gasteiger charge is 2.28. The summed E-state index contributed by atoms with van der Waals surface area (Å²) in [6.45, 7) is 3.30. The van der Waals surface area contributed by atoms with E-state index in [0.717, 1.165) is 12.8 Å². The third-order valence-electron chi connectivity index (χ3n) is 3.39. The predicted molar refractivity (Wildman–Crippen MR) is 66.2 cm³/mol. The van der Waals surface area contributed by atoms with Crippen molar-refractivity contribution in [2.45, 2.75) is 19.8 Å². The molecule has 0 radical (unpaired) electrons. The second kappa shape index (κ2) is 6.58. The van der Waals surface area contributed by atoms with Crippen molar-refractivity contribution in [2.24, 2.45) is 11.8 Å². The largest absolute Gasteiger partial charge is 0.481 e. The van der Waals surface area contributed by atoms with Gasteiger partial charge in [-0.15, -0.1) is 0 Å². The number of aliphatic carboxylic acids is 1. The smallest absolute Gasteiger partial charge is 0.319 e. The Morgan fingerprint density at radius 1 is 1.50 bits per heavy atom. The van der Waals surface area contributed by atoms with Gasteiger partial charge in [-0.2, -0.15) is 0 Å². The molecule has 1 fully saturated rings. The summed E-state index contributed by atoms with van der Waals surface area (Å²) in [5, 5.41) is 17.7. The zero-order chi connectivity index (χ0) is 13.7. The summed E-state index contributed by atoms with van der Waals surface area (Å²) in [4.78, 5) is 26.0. The van der Waals surface area contributed by atoms with Gasteiger partial charge in [-0.1, -0.05) is 6.92 Å². The summed E-state index contributed by atoms with van der Waals surface area (Å²) < 4.78 is 0. The molecular formula is C12H22N2O4. The van der Waals surface area contributed by atoms with Crippen LogP contribution in [-0.2, 0) is 4.79 Å². The molecule has 0 aromatic rings. The van der Waals surface area contributed by atoms with Gasteiger partial charge < -0.3 is 20.0 Å². The van der Waals surface area contributed by atoms with Crippen LogP contribution >= 0.6 is 0 Å². The van der Waals surface area contributed by atoms with Gasteiger partial charge in [-0.3, -0.25) is 4.79 Å². The Kier molecular flexibility index (Phi) is 5.40. The highest BCUT2D eigenvalue weighted by molar-refractivity contribution is 5.76. The number of carboxylic acid groups (broad SMARTS) is 1. The molecule has 2 atom stereocenters. The molecular weight excluding hydrogens is 236 g/mol. The number of carbonyl (C=O) groups is 2. The molecule has 2 unspecified atom stereocenters. The van der Waals surface area contributed by atoms with E-state index in [-0.39, 0.29) is 19.2 Å². The van der Waals surface area contributed by atoms with Crippen LogP contribution in [0.1, 0.15) is 19.8 Å². The average molecular weight is 258 g/mol. The third-order valence-corrected chi connectivity index (χ3v) is 3.39. The first-order valence-electron chi connectivity index (χ1n) is 6.29. The van der Waals surface area contributed by atoms with Gasteiger partial charge in [0, 0.05) is 33.3 Å². The Hall–Kier alpha value is -1.30. The molecule has 1 rings (SSSR count). The predicted octanol–water partition coefficient (Wildman–Crippen LogP) is 0.463. The molecule has 0 aromatic heterocycles. The lowest BCUT2D eigenvalue weighted by molar-refractivity contribution is -0.141. The molecule has 2 amide bonds. The SMILES string of the molecule is CC(CN(C)C(=O)N1CCC(CCO)C1)C(=O)O. The van der Waals surface area contributed by atoms with Crippen LogP contribution in [0.15, 0.2) is 0 Å². The van der Waals surface area contributed by atoms with E-state index in [1.54, 1.807) is 18.9 Å². The van der Waals surface area contributed by atoms with Gasteiger partial charge in [-0.25, -0.2) is 4.79 Å². The van der Waals surface area contributed by atoms with Crippen molar-refractivity contribution < 1.29 is 19.8 Å². The van der Waals surface area contributed by atoms with Gasteiger partial charge in [0.25, 0.3) is 0 Å². The molecule has 2 N–H and O–H groups in total. The normalized spacial score (nSPS) is 20.8. The number of carbonyl (C=O) groups excluding carboxylic acids is 1. The maximum Gasteiger partial charge on any atom is 0.319 e. The summed E-state index contributed by atoms with van der Waals surface area (Å²) >= 11 is 0. The number of rotatable bonds is 5. The number of aliphatic hydroxyl groups excluding tert-OH is 1. The van der Waals surface area contributed by atoms with E-state index < -0.39 is 11.9 Å². The van der Waals surface area contributed by atoms with Gasteiger partial charge in [0.15, 0.2) is 0 Å². The molecule has 1 aliphatic rings. The standard InChI is InChI=1S/C12H22N2O4/c1-9(11(16)17)7-13(2)12(18)14-5-3-10(8-14)4-6-15/h9-10,15H,3-8H2,1-2H3,(H,16,17). The number of aliphatic hydroxyl groups is 1. The van der Waals surface area contributed by atoms with Crippen LogP contribution in [0, 0.1) is 11.8 Å². The topological polar surface area (TPSA) is 81.1 Å². The van der Waals surface area contributed by atoms with E-state index in [1.165, 1.54) is 4.90 Å². The van der Waals surface area contributed by atoms with E-state index in [1.807, 2.05) is 0 Å². The molecule has 0 spiro atoms. The fraction of sp³-hybridized carbons (Fsp3) is 0.833. The molecule has 1 aliphatic heterocycles. The lowest BCUT2D eigenvalue weighted by Gasteiger charge is -2.26. The summed E-state index contributed by atoms with van der Waals surface area (Å²) in [6.07, 6.45) is 1.63. The molecule has 104 valence electrons. The van der Waals surface area contributed by atoms with Crippen molar-refractivity contribution in [1.29, 1.82) is 0 Å². The molecule has 0 saturated carbocycles. The lowest BCUT2D eigenvalue weighted by atomic mass is 10.1. The molecule has 0 aliphatic carbocycles. The second-order valence-electron chi connectivity index (χ2n) is 5.02. The highest BCUT2D eigenvalue weighted by atomic mass is 16.4. The van der Waals surface area contributed by atoms with E-state index in [2.05, 4.69) is 0 Å². The maximum atomic E-state index is 12.0. The van der Waals surface area contributed by atoms with Crippen LogP contribution in [0.25, 0.3) is 0 Å². The second-order valence-corrected chi connectivity index (χ2v) is 5.02. The minimum atomic E-state index is -0.894. The van der Waals surface area contributed by atoms with Crippen molar-refractivity contribution in [3.05, 3.63) is 0 Å². The fourth-order valence-electron chi connectivity index (χ4n) is 2.23. The van der Waals surface area contributed by atoms with Gasteiger partial charge in [0.1, 0.15) is 0 Å². The van der Waals surface area contributed by atoms with Crippen LogP contribution in [0.2, 0.25) is 0 Å². The van der Waals surface area contributed by atoms with Gasteiger partial charge in [0.2, 0.25) is 0 Å². The van der Waals surface area contributed by atoms with E-state index in [0.29, 0.717) is 19.0 Å². The Balaban J connectivity index is 2.42. The fourth-order valence-corrected chi connectivity index (χ4v) is 2.23. The van der Waals surface area contributed by atoms with Crippen LogP contribution < -0.4 is 0 Å². The number of hydrogen-bond acceptors (Lipinski definition) is 3. The van der Waals surface area contributed by atoms with E-state index >= 15 is 0 Å². The Morgan fingerprint density at radius 3 is 2.72 bits per heavy atom. The summed E-state index contributed by atoms with van der Waals surface area (Å²) in [5.74, 6) is -1.09. The Labute approximate surface area is 107 Å². The summed E-state index contributed by atoms with van der Waals surface area (Å²) in [7, 11) is 1.63. The van der Waals surface area contributed by atoms with Gasteiger partial charge >= 0.3 is 12.0 Å². The van der Waals surface area contributed by atoms with E-state index in [4.69, 9.17) is 10.2 Å². The molecule has 0 bridgehead atoms. The molecule has 1 heterocycles. The number of likely N-dealkylation sites (tertiary alicyclic amines) is 1. The van der Waals surface area contributed by atoms with Crippen molar-refractivity contribution in [3.63, 3.8) is 0 Å². The Bertz CT molecular complexity index is 308. The molecule has 0 aromatic carbocycles. The van der Waals surface area contributed by atoms with Crippen molar-refractivity contribution >= 4 is 12.0 Å². The zero-order valence-electron chi connectivity index (χ0n) is 11.0. The first-order chi connectivity index (χ1) is 8.45. The van der Waals surface area contributed by atoms with Crippen molar-refractivity contribution in [1.82, 2.24) is 9.80 Å². The van der Waals surface area contributed by atoms with Crippen molar-refractivity contribution in [3.8, 4) is 0 Å². The monoisotopic (exact) mass is 258 g/mol. The minimum Gasteiger partial charge on any atom is -0.481 e. The molecule has 1 saturated heterocycles. The number of hydrogen-bond donors (Lipinski definition) is 2. The van der Waals surface area contributed by atoms with Gasteiger partial charge in [0.05, 0.1) is 5.92 Å². The quantitative estimate of drug-likeness (QED) is 0.751. The zero-order valence-corrected chi connectivity index (χ0v) is 11.0. The van der Waals surface area contributed by atoms with Crippen LogP contribution in [0.3, 0.4) is 0 Å². The van der Waals surface area contributed by atoms with Crippen LogP contribution in [0.5, 0.6) is 0 Å². The summed E-state index contributed by atoms with van der Waals surface area (Å²) in [6, 6.07) is -0.122. The first kappa shape index (κ1) is 14.8. The maximum absolute atomic E-state index is 12.0.